The van der Waals surface area contributed by atoms with E-state index in [1.165, 1.54) is 24.8 Å². The fourth-order valence-corrected chi connectivity index (χ4v) is 3.56. The van der Waals surface area contributed by atoms with E-state index >= 15 is 0 Å². The summed E-state index contributed by atoms with van der Waals surface area (Å²) in [5.41, 5.74) is 8.01. The highest BCUT2D eigenvalue weighted by Gasteiger charge is 2.43. The first kappa shape index (κ1) is 14.9. The fraction of sp³-hybridized carbons (Fsp3) is 0.625. The monoisotopic (exact) mass is 325 g/mol. The van der Waals surface area contributed by atoms with Crippen molar-refractivity contribution in [1.82, 2.24) is 0 Å². The molecule has 1 aromatic carbocycles. The molecule has 2 N–H and O–H groups in total. The van der Waals surface area contributed by atoms with Gasteiger partial charge in [0.05, 0.1) is 7.11 Å². The summed E-state index contributed by atoms with van der Waals surface area (Å²) >= 11 is 3.54. The lowest BCUT2D eigenvalue weighted by atomic mass is 9.61. The zero-order valence-electron chi connectivity index (χ0n) is 12.1. The molecule has 0 radical (unpaired) electrons. The molecule has 2 rings (SSSR count). The topological polar surface area (TPSA) is 35.2 Å². The van der Waals surface area contributed by atoms with E-state index in [9.17, 15) is 0 Å². The minimum Gasteiger partial charge on any atom is -0.496 e. The van der Waals surface area contributed by atoms with E-state index in [2.05, 4.69) is 35.8 Å². The zero-order valence-corrected chi connectivity index (χ0v) is 13.7. The first-order valence-electron chi connectivity index (χ1n) is 6.99. The summed E-state index contributed by atoms with van der Waals surface area (Å²) < 4.78 is 6.56. The molecule has 2 nitrogen and oxygen atoms in total. The van der Waals surface area contributed by atoms with Crippen molar-refractivity contribution in [3.8, 4) is 5.75 Å². The van der Waals surface area contributed by atoms with Crippen LogP contribution in [0.3, 0.4) is 0 Å². The summed E-state index contributed by atoms with van der Waals surface area (Å²) in [6, 6.07) is 6.16. The molecule has 0 bridgehead atoms. The van der Waals surface area contributed by atoms with Crippen molar-refractivity contribution < 1.29 is 4.74 Å². The molecule has 1 aromatic rings. The second-order valence-corrected chi connectivity index (χ2v) is 7.30. The minimum atomic E-state index is -0.140. The Hall–Kier alpha value is -0.540. The lowest BCUT2D eigenvalue weighted by Crippen LogP contribution is -2.56. The Balaban J connectivity index is 2.31. The number of methoxy groups -OCH3 is 1. The zero-order chi connectivity index (χ0) is 14.1. The third kappa shape index (κ3) is 2.97. The first-order chi connectivity index (χ1) is 8.88. The van der Waals surface area contributed by atoms with Gasteiger partial charge in [0, 0.05) is 10.0 Å². The van der Waals surface area contributed by atoms with E-state index in [-0.39, 0.29) is 11.0 Å². The van der Waals surface area contributed by atoms with Gasteiger partial charge in [0.2, 0.25) is 0 Å². The molecular formula is C16H24BrNO. The van der Waals surface area contributed by atoms with Gasteiger partial charge in [0.25, 0.3) is 0 Å². The van der Waals surface area contributed by atoms with Crippen LogP contribution in [0.15, 0.2) is 22.7 Å². The number of hydrogen-bond acceptors (Lipinski definition) is 2. The molecule has 3 heteroatoms. The van der Waals surface area contributed by atoms with Crippen molar-refractivity contribution in [2.75, 3.05) is 7.11 Å². The van der Waals surface area contributed by atoms with Gasteiger partial charge >= 0.3 is 0 Å². The minimum absolute atomic E-state index is 0.140. The van der Waals surface area contributed by atoms with Gasteiger partial charge in [-0.25, -0.2) is 0 Å². The standard InChI is InChI=1S/C16H24BrNO/c1-15(2)8-4-5-9-16(15,18)11-12-10-13(17)6-7-14(12)19-3/h6-7,10H,4-5,8-9,11,18H2,1-3H3. The first-order valence-corrected chi connectivity index (χ1v) is 7.79. The molecule has 1 unspecified atom stereocenters. The number of ether oxygens (including phenoxy) is 1. The van der Waals surface area contributed by atoms with Crippen LogP contribution in [-0.4, -0.2) is 12.6 Å². The molecule has 1 aliphatic carbocycles. The van der Waals surface area contributed by atoms with E-state index in [4.69, 9.17) is 10.5 Å². The van der Waals surface area contributed by atoms with Crippen molar-refractivity contribution in [2.45, 2.75) is 51.5 Å². The highest BCUT2D eigenvalue weighted by atomic mass is 79.9. The van der Waals surface area contributed by atoms with Crippen LogP contribution in [0.4, 0.5) is 0 Å². The molecular weight excluding hydrogens is 302 g/mol. The third-order valence-corrected chi connectivity index (χ3v) is 5.26. The largest absolute Gasteiger partial charge is 0.496 e. The van der Waals surface area contributed by atoms with Gasteiger partial charge in [-0.1, -0.05) is 42.6 Å². The van der Waals surface area contributed by atoms with Gasteiger partial charge in [-0.05, 0) is 48.4 Å². The average Bonchev–Trinajstić information content (AvgIpc) is 2.33. The summed E-state index contributed by atoms with van der Waals surface area (Å²) in [7, 11) is 1.72. The number of hydrogen-bond donors (Lipinski definition) is 1. The molecule has 1 aliphatic rings. The van der Waals surface area contributed by atoms with Crippen LogP contribution in [-0.2, 0) is 6.42 Å². The summed E-state index contributed by atoms with van der Waals surface area (Å²) in [6.07, 6.45) is 5.70. The van der Waals surface area contributed by atoms with Gasteiger partial charge in [-0.3, -0.25) is 0 Å². The molecule has 1 atom stereocenters. The molecule has 19 heavy (non-hydrogen) atoms. The number of halogens is 1. The predicted molar refractivity (Wildman–Crippen MR) is 83.6 cm³/mol. The lowest BCUT2D eigenvalue weighted by Gasteiger charge is -2.48. The fourth-order valence-electron chi connectivity index (χ4n) is 3.15. The van der Waals surface area contributed by atoms with Gasteiger partial charge in [-0.2, -0.15) is 0 Å². The van der Waals surface area contributed by atoms with Gasteiger partial charge in [-0.15, -0.1) is 0 Å². The van der Waals surface area contributed by atoms with Crippen LogP contribution in [0.1, 0.15) is 45.1 Å². The van der Waals surface area contributed by atoms with Crippen molar-refractivity contribution in [2.24, 2.45) is 11.1 Å². The maximum Gasteiger partial charge on any atom is 0.122 e. The quantitative estimate of drug-likeness (QED) is 0.899. The highest BCUT2D eigenvalue weighted by Crippen LogP contribution is 2.45. The Kier molecular flexibility index (Phi) is 4.26. The van der Waals surface area contributed by atoms with Crippen molar-refractivity contribution in [1.29, 1.82) is 0 Å². The summed E-state index contributed by atoms with van der Waals surface area (Å²) in [5, 5.41) is 0. The summed E-state index contributed by atoms with van der Waals surface area (Å²) in [5.74, 6) is 0.939. The Bertz CT molecular complexity index is 458. The summed E-state index contributed by atoms with van der Waals surface area (Å²) in [4.78, 5) is 0. The molecule has 106 valence electrons. The number of rotatable bonds is 3. The van der Waals surface area contributed by atoms with Crippen LogP contribution in [0.5, 0.6) is 5.75 Å². The van der Waals surface area contributed by atoms with Gasteiger partial charge in [0.1, 0.15) is 5.75 Å². The maximum absolute atomic E-state index is 6.77. The van der Waals surface area contributed by atoms with Crippen molar-refractivity contribution in [3.63, 3.8) is 0 Å². The second-order valence-electron chi connectivity index (χ2n) is 6.38. The van der Waals surface area contributed by atoms with Crippen LogP contribution in [0, 0.1) is 5.41 Å². The van der Waals surface area contributed by atoms with Gasteiger partial charge in [0.15, 0.2) is 0 Å². The van der Waals surface area contributed by atoms with Crippen molar-refractivity contribution in [3.05, 3.63) is 28.2 Å². The second kappa shape index (κ2) is 5.45. The van der Waals surface area contributed by atoms with Gasteiger partial charge < -0.3 is 10.5 Å². The molecule has 0 amide bonds. The molecule has 1 fully saturated rings. The average molecular weight is 326 g/mol. The number of nitrogens with two attached hydrogens (primary N) is 1. The Morgan fingerprint density at radius 3 is 2.58 bits per heavy atom. The summed E-state index contributed by atoms with van der Waals surface area (Å²) in [6.45, 7) is 4.60. The van der Waals surface area contributed by atoms with E-state index in [1.54, 1.807) is 7.11 Å². The van der Waals surface area contributed by atoms with E-state index in [1.807, 2.05) is 12.1 Å². The molecule has 0 aromatic heterocycles. The smallest absolute Gasteiger partial charge is 0.122 e. The van der Waals surface area contributed by atoms with Crippen LogP contribution >= 0.6 is 15.9 Å². The lowest BCUT2D eigenvalue weighted by molar-refractivity contribution is 0.0984. The Morgan fingerprint density at radius 2 is 1.95 bits per heavy atom. The van der Waals surface area contributed by atoms with Crippen LogP contribution in [0.2, 0.25) is 0 Å². The normalized spacial score (nSPS) is 26.2. The molecule has 0 saturated heterocycles. The molecule has 0 heterocycles. The van der Waals surface area contributed by atoms with E-state index < -0.39 is 0 Å². The number of benzene rings is 1. The van der Waals surface area contributed by atoms with Crippen LogP contribution < -0.4 is 10.5 Å². The highest BCUT2D eigenvalue weighted by molar-refractivity contribution is 9.10. The van der Waals surface area contributed by atoms with Crippen LogP contribution in [0.25, 0.3) is 0 Å². The molecule has 1 saturated carbocycles. The van der Waals surface area contributed by atoms with E-state index in [0.29, 0.717) is 0 Å². The predicted octanol–water partition coefficient (Wildman–Crippen LogP) is 4.30. The SMILES string of the molecule is COc1ccc(Br)cc1CC1(N)CCCCC1(C)C. The van der Waals surface area contributed by atoms with E-state index in [0.717, 1.165) is 23.1 Å². The molecule has 0 aliphatic heterocycles. The maximum atomic E-state index is 6.77. The Labute approximate surface area is 124 Å². The van der Waals surface area contributed by atoms with Crippen molar-refractivity contribution >= 4 is 15.9 Å². The molecule has 0 spiro atoms. The Morgan fingerprint density at radius 1 is 1.26 bits per heavy atom. The third-order valence-electron chi connectivity index (χ3n) is 4.77.